The molecule has 0 amide bonds. The number of hydrogen-bond acceptors (Lipinski definition) is 2. The number of allylic oxidation sites excluding steroid dienone is 1. The highest BCUT2D eigenvalue weighted by Gasteiger charge is 2.08. The van der Waals surface area contributed by atoms with Gasteiger partial charge in [0.2, 0.25) is 0 Å². The van der Waals surface area contributed by atoms with E-state index in [-0.39, 0.29) is 0 Å². The van der Waals surface area contributed by atoms with Crippen molar-refractivity contribution in [1.29, 1.82) is 5.26 Å². The van der Waals surface area contributed by atoms with E-state index in [1.54, 1.807) is 18.2 Å². The maximum atomic E-state index is 9.52. The molecule has 3 rings (SSSR count). The molecule has 0 unspecified atom stereocenters. The maximum Gasteiger partial charge on any atom is 0.133 e. The summed E-state index contributed by atoms with van der Waals surface area (Å²) in [5, 5.41) is 11.1. The molecule has 0 aliphatic carbocycles. The first-order valence-electron chi connectivity index (χ1n) is 8.21. The van der Waals surface area contributed by atoms with Crippen LogP contribution in [-0.2, 0) is 6.61 Å². The zero-order valence-electron chi connectivity index (χ0n) is 14.4. The van der Waals surface area contributed by atoms with E-state index in [4.69, 9.17) is 39.5 Å². The number of rotatable bonds is 5. The predicted molar refractivity (Wildman–Crippen MR) is 125 cm³/mol. The maximum absolute atomic E-state index is 9.52. The molecule has 0 saturated heterocycles. The molecule has 2 nitrogen and oxygen atoms in total. The van der Waals surface area contributed by atoms with Crippen molar-refractivity contribution in [2.24, 2.45) is 0 Å². The van der Waals surface area contributed by atoms with E-state index in [0.717, 1.165) is 20.4 Å². The van der Waals surface area contributed by atoms with Gasteiger partial charge >= 0.3 is 0 Å². The smallest absolute Gasteiger partial charge is 0.133 e. The van der Waals surface area contributed by atoms with Gasteiger partial charge in [0.15, 0.2) is 0 Å². The van der Waals surface area contributed by atoms with Crippen LogP contribution in [0.3, 0.4) is 0 Å². The topological polar surface area (TPSA) is 33.0 Å². The van der Waals surface area contributed by atoms with Crippen molar-refractivity contribution in [2.75, 3.05) is 0 Å². The number of halogens is 4. The quantitative estimate of drug-likeness (QED) is 0.187. The summed E-state index contributed by atoms with van der Waals surface area (Å²) in [6.45, 7) is 0.380. The number of nitriles is 1. The Labute approximate surface area is 192 Å². The van der Waals surface area contributed by atoms with Crippen LogP contribution < -0.4 is 4.74 Å². The second-order valence-electron chi connectivity index (χ2n) is 5.88. The monoisotopic (exact) mass is 539 g/mol. The fraction of sp³-hybridized carbons (Fsp3) is 0.0455. The number of nitrogens with zero attached hydrogens (tertiary/aromatic N) is 1. The van der Waals surface area contributed by atoms with Crippen LogP contribution in [-0.4, -0.2) is 0 Å². The largest absolute Gasteiger partial charge is 0.488 e. The van der Waals surface area contributed by atoms with Gasteiger partial charge in [0.25, 0.3) is 0 Å². The molecule has 0 aromatic heterocycles. The Balaban J connectivity index is 1.79. The lowest BCUT2D eigenvalue weighted by Gasteiger charge is -2.10. The summed E-state index contributed by atoms with van der Waals surface area (Å²) in [6, 6.07) is 20.7. The van der Waals surface area contributed by atoms with Crippen LogP contribution in [0.2, 0.25) is 15.1 Å². The molecular weight excluding hydrogens is 528 g/mol. The summed E-state index contributed by atoms with van der Waals surface area (Å²) in [5.74, 6) is 0.750. The van der Waals surface area contributed by atoms with E-state index in [0.29, 0.717) is 32.8 Å². The molecule has 0 saturated carbocycles. The van der Waals surface area contributed by atoms with Crippen LogP contribution in [0.1, 0.15) is 16.7 Å². The summed E-state index contributed by atoms with van der Waals surface area (Å²) < 4.78 is 6.82. The lowest BCUT2D eigenvalue weighted by Crippen LogP contribution is -1.97. The van der Waals surface area contributed by atoms with Gasteiger partial charge in [0.1, 0.15) is 12.4 Å². The third-order valence-corrected chi connectivity index (χ3v) is 5.84. The first-order chi connectivity index (χ1) is 13.5. The summed E-state index contributed by atoms with van der Waals surface area (Å²) in [4.78, 5) is 0. The highest BCUT2D eigenvalue weighted by molar-refractivity contribution is 14.1. The van der Waals surface area contributed by atoms with Crippen molar-refractivity contribution in [2.45, 2.75) is 6.61 Å². The highest BCUT2D eigenvalue weighted by Crippen LogP contribution is 2.29. The van der Waals surface area contributed by atoms with Crippen LogP contribution in [0.25, 0.3) is 11.6 Å². The third kappa shape index (κ3) is 5.21. The highest BCUT2D eigenvalue weighted by atomic mass is 127. The molecule has 0 radical (unpaired) electrons. The van der Waals surface area contributed by atoms with Crippen LogP contribution in [0.5, 0.6) is 5.75 Å². The van der Waals surface area contributed by atoms with Crippen LogP contribution >= 0.6 is 57.4 Å². The van der Waals surface area contributed by atoms with Crippen LogP contribution in [0.4, 0.5) is 0 Å². The van der Waals surface area contributed by atoms with E-state index < -0.39 is 0 Å². The van der Waals surface area contributed by atoms with Gasteiger partial charge in [-0.15, -0.1) is 0 Å². The van der Waals surface area contributed by atoms with Crippen LogP contribution in [0, 0.1) is 14.9 Å². The molecule has 6 heteroatoms. The Morgan fingerprint density at radius 2 is 1.75 bits per heavy atom. The second-order valence-corrected chi connectivity index (χ2v) is 8.26. The Morgan fingerprint density at radius 3 is 2.43 bits per heavy atom. The lowest BCUT2D eigenvalue weighted by molar-refractivity contribution is 0.304. The summed E-state index contributed by atoms with van der Waals surface area (Å²) in [5.41, 5.74) is 3.04. The second kappa shape index (κ2) is 9.67. The van der Waals surface area contributed by atoms with Gasteiger partial charge < -0.3 is 4.74 Å². The van der Waals surface area contributed by atoms with E-state index in [1.165, 1.54) is 0 Å². The van der Waals surface area contributed by atoms with Gasteiger partial charge in [0, 0.05) is 10.6 Å². The zero-order valence-corrected chi connectivity index (χ0v) is 18.9. The normalized spacial score (nSPS) is 11.2. The lowest BCUT2D eigenvalue weighted by atomic mass is 10.0. The van der Waals surface area contributed by atoms with Crippen molar-refractivity contribution >= 4 is 69.0 Å². The molecule has 0 bridgehead atoms. The van der Waals surface area contributed by atoms with Gasteiger partial charge in [-0.1, -0.05) is 65.1 Å². The SMILES string of the molecule is N#CC(=Cc1ccc(OCc2ccc(Cl)c(Cl)c2)c(I)c1)c1ccccc1Cl. The molecule has 0 N–H and O–H groups in total. The standard InChI is InChI=1S/C22H13Cl3INO/c23-18-4-2-1-3-17(18)16(12-27)9-14-6-8-22(21(26)11-14)28-13-15-5-7-19(24)20(25)10-15/h1-11H,13H2. The minimum atomic E-state index is 0.380. The van der Waals surface area contributed by atoms with Crippen molar-refractivity contribution in [1.82, 2.24) is 0 Å². The zero-order chi connectivity index (χ0) is 20.1. The molecule has 0 aliphatic rings. The molecule has 28 heavy (non-hydrogen) atoms. The molecule has 0 heterocycles. The van der Waals surface area contributed by atoms with Gasteiger partial charge in [-0.25, -0.2) is 0 Å². The Kier molecular flexibility index (Phi) is 7.25. The predicted octanol–water partition coefficient (Wildman–Crippen LogP) is 7.89. The Hall–Kier alpha value is -1.71. The van der Waals surface area contributed by atoms with Crippen molar-refractivity contribution in [3.8, 4) is 11.8 Å². The summed E-state index contributed by atoms with van der Waals surface area (Å²) >= 11 is 20.4. The van der Waals surface area contributed by atoms with Crippen molar-refractivity contribution < 1.29 is 4.74 Å². The average molecular weight is 541 g/mol. The molecule has 3 aromatic carbocycles. The molecular formula is C22H13Cl3INO. The molecule has 140 valence electrons. The van der Waals surface area contributed by atoms with E-state index in [2.05, 4.69) is 28.7 Å². The van der Waals surface area contributed by atoms with Gasteiger partial charge in [-0.2, -0.15) is 5.26 Å². The molecule has 0 aliphatic heterocycles. The fourth-order valence-electron chi connectivity index (χ4n) is 2.53. The first-order valence-corrected chi connectivity index (χ1v) is 10.4. The van der Waals surface area contributed by atoms with Crippen LogP contribution in [0.15, 0.2) is 60.7 Å². The van der Waals surface area contributed by atoms with E-state index in [1.807, 2.05) is 48.5 Å². The number of hydrogen-bond donors (Lipinski definition) is 0. The number of benzene rings is 3. The molecule has 0 fully saturated rings. The summed E-state index contributed by atoms with van der Waals surface area (Å²) in [6.07, 6.45) is 1.81. The minimum absolute atomic E-state index is 0.380. The molecule has 0 atom stereocenters. The van der Waals surface area contributed by atoms with Crippen molar-refractivity contribution in [3.05, 3.63) is 96.0 Å². The summed E-state index contributed by atoms with van der Waals surface area (Å²) in [7, 11) is 0. The first kappa shape index (κ1) is 21.0. The molecule has 0 spiro atoms. The average Bonchev–Trinajstić information content (AvgIpc) is 2.68. The van der Waals surface area contributed by atoms with E-state index in [9.17, 15) is 5.26 Å². The van der Waals surface area contributed by atoms with Crippen molar-refractivity contribution in [3.63, 3.8) is 0 Å². The van der Waals surface area contributed by atoms with Gasteiger partial charge in [-0.3, -0.25) is 0 Å². The Bertz CT molecular complexity index is 1090. The molecule has 3 aromatic rings. The minimum Gasteiger partial charge on any atom is -0.488 e. The van der Waals surface area contributed by atoms with Gasteiger partial charge in [0.05, 0.1) is 25.3 Å². The number of ether oxygens (including phenoxy) is 1. The fourth-order valence-corrected chi connectivity index (χ4v) is 3.78. The van der Waals surface area contributed by atoms with Gasteiger partial charge in [-0.05, 0) is 70.1 Å². The Morgan fingerprint density at radius 1 is 0.964 bits per heavy atom. The third-order valence-electron chi connectivity index (χ3n) is 3.93. The van der Waals surface area contributed by atoms with E-state index >= 15 is 0 Å².